The van der Waals surface area contributed by atoms with Crippen molar-refractivity contribution in [3.05, 3.63) is 35.9 Å². The average Bonchev–Trinajstić information content (AvgIpc) is 2.26. The third-order valence-corrected chi connectivity index (χ3v) is 2.04. The highest BCUT2D eigenvalue weighted by Gasteiger charge is 2.25. The van der Waals surface area contributed by atoms with Gasteiger partial charge in [-0.3, -0.25) is 5.41 Å². The zero-order valence-corrected chi connectivity index (χ0v) is 9.08. The third-order valence-electron chi connectivity index (χ3n) is 2.04. The molecule has 1 aromatic rings. The molecule has 0 saturated carbocycles. The maximum Gasteiger partial charge on any atom is 0.283 e. The van der Waals surface area contributed by atoms with Crippen molar-refractivity contribution < 1.29 is 8.78 Å². The van der Waals surface area contributed by atoms with Gasteiger partial charge in [-0.05, 0) is 18.9 Å². The van der Waals surface area contributed by atoms with Gasteiger partial charge in [0.25, 0.3) is 5.92 Å². The summed E-state index contributed by atoms with van der Waals surface area (Å²) in [5, 5.41) is 6.94. The molecule has 4 heteroatoms. The maximum absolute atomic E-state index is 13.2. The molecule has 0 heterocycles. The molecule has 1 aromatic carbocycles. The fraction of sp³-hybridized carbons (Fsp3) is 0.333. The molecule has 0 aliphatic rings. The summed E-state index contributed by atoms with van der Waals surface area (Å²) in [5.74, 6) is -3.06. The molecule has 0 bridgehead atoms. The number of aliphatic imine (C=N–C) groups is 1. The Balaban J connectivity index is 2.51. The first-order valence-electron chi connectivity index (χ1n) is 5.02. The molecular weight excluding hydrogens is 210 g/mol. The highest BCUT2D eigenvalue weighted by Crippen LogP contribution is 2.18. The lowest BCUT2D eigenvalue weighted by Gasteiger charge is -2.10. The molecule has 0 aliphatic carbocycles. The van der Waals surface area contributed by atoms with E-state index in [1.54, 1.807) is 0 Å². The van der Waals surface area contributed by atoms with E-state index in [1.165, 1.54) is 6.92 Å². The second-order valence-electron chi connectivity index (χ2n) is 3.59. The Labute approximate surface area is 93.5 Å². The summed E-state index contributed by atoms with van der Waals surface area (Å²) >= 11 is 0. The number of nitrogens with one attached hydrogen (secondary N) is 1. The highest BCUT2D eigenvalue weighted by atomic mass is 19.3. The smallest absolute Gasteiger partial charge is 0.283 e. The molecule has 0 aliphatic heterocycles. The van der Waals surface area contributed by atoms with Crippen LogP contribution in [0.1, 0.15) is 18.9 Å². The topological polar surface area (TPSA) is 36.2 Å². The van der Waals surface area contributed by atoms with Crippen LogP contribution < -0.4 is 0 Å². The largest absolute Gasteiger partial charge is 0.287 e. The first kappa shape index (κ1) is 12.5. The number of amidine groups is 1. The van der Waals surface area contributed by atoms with Crippen molar-refractivity contribution in [1.82, 2.24) is 0 Å². The molecule has 16 heavy (non-hydrogen) atoms. The van der Waals surface area contributed by atoms with Crippen molar-refractivity contribution in [2.24, 2.45) is 4.99 Å². The minimum atomic E-state index is -2.95. The van der Waals surface area contributed by atoms with Crippen LogP contribution in [0.15, 0.2) is 35.3 Å². The molecule has 0 atom stereocenters. The lowest BCUT2D eigenvalue weighted by Crippen LogP contribution is -2.19. The number of hydrogen-bond acceptors (Lipinski definition) is 1. The van der Waals surface area contributed by atoms with Crippen LogP contribution in [0.3, 0.4) is 0 Å². The summed E-state index contributed by atoms with van der Waals surface area (Å²) in [7, 11) is 0. The number of hydrogen-bond donors (Lipinski definition) is 1. The predicted molar refractivity (Wildman–Crippen MR) is 61.6 cm³/mol. The summed E-state index contributed by atoms with van der Waals surface area (Å²) in [6.07, 6.45) is 0.572. The molecule has 0 unspecified atom stereocenters. The molecule has 0 aromatic heterocycles. The molecular formula is C12H14F2N2. The molecule has 0 saturated heterocycles. The van der Waals surface area contributed by atoms with E-state index >= 15 is 0 Å². The fourth-order valence-corrected chi connectivity index (χ4v) is 1.21. The SMILES string of the molecule is CC(=N)N=CC(F)(F)CCc1ccccc1. The lowest BCUT2D eigenvalue weighted by atomic mass is 10.1. The Hall–Kier alpha value is -1.58. The van der Waals surface area contributed by atoms with Gasteiger partial charge in [-0.25, -0.2) is 13.8 Å². The highest BCUT2D eigenvalue weighted by molar-refractivity contribution is 5.87. The molecule has 0 amide bonds. The molecule has 0 spiro atoms. The van der Waals surface area contributed by atoms with Crippen molar-refractivity contribution in [3.8, 4) is 0 Å². The molecule has 1 rings (SSSR count). The quantitative estimate of drug-likeness (QED) is 0.601. The Morgan fingerprint density at radius 2 is 2.00 bits per heavy atom. The number of nitrogens with zero attached hydrogens (tertiary/aromatic N) is 1. The summed E-state index contributed by atoms with van der Waals surface area (Å²) in [5.41, 5.74) is 0.877. The van der Waals surface area contributed by atoms with Gasteiger partial charge in [-0.2, -0.15) is 0 Å². The van der Waals surface area contributed by atoms with E-state index in [2.05, 4.69) is 4.99 Å². The van der Waals surface area contributed by atoms with Gasteiger partial charge >= 0.3 is 0 Å². The number of benzene rings is 1. The van der Waals surface area contributed by atoms with Gasteiger partial charge < -0.3 is 0 Å². The molecule has 1 N–H and O–H groups in total. The maximum atomic E-state index is 13.2. The van der Waals surface area contributed by atoms with E-state index in [1.807, 2.05) is 30.3 Å². The van der Waals surface area contributed by atoms with Gasteiger partial charge in [0.15, 0.2) is 0 Å². The Morgan fingerprint density at radius 1 is 1.38 bits per heavy atom. The van der Waals surface area contributed by atoms with Crippen molar-refractivity contribution in [1.29, 1.82) is 5.41 Å². The van der Waals surface area contributed by atoms with Crippen LogP contribution in [0.4, 0.5) is 8.78 Å². The van der Waals surface area contributed by atoms with E-state index in [0.29, 0.717) is 12.6 Å². The number of alkyl halides is 2. The van der Waals surface area contributed by atoms with Gasteiger partial charge in [-0.15, -0.1) is 0 Å². The van der Waals surface area contributed by atoms with E-state index in [0.717, 1.165) is 5.56 Å². The van der Waals surface area contributed by atoms with Gasteiger partial charge in [0.05, 0.1) is 6.21 Å². The monoisotopic (exact) mass is 224 g/mol. The number of rotatable bonds is 4. The van der Waals surface area contributed by atoms with Gasteiger partial charge in [0.1, 0.15) is 5.84 Å². The molecule has 0 radical (unpaired) electrons. The Kier molecular flexibility index (Phi) is 4.28. The summed E-state index contributed by atoms with van der Waals surface area (Å²) in [4.78, 5) is 3.32. The number of halogens is 2. The van der Waals surface area contributed by atoms with Crippen molar-refractivity contribution in [2.45, 2.75) is 25.7 Å². The fourth-order valence-electron chi connectivity index (χ4n) is 1.21. The van der Waals surface area contributed by atoms with E-state index < -0.39 is 5.92 Å². The van der Waals surface area contributed by atoms with Crippen molar-refractivity contribution >= 4 is 12.1 Å². The minimum Gasteiger partial charge on any atom is -0.287 e. The predicted octanol–water partition coefficient (Wildman–Crippen LogP) is 3.32. The summed E-state index contributed by atoms with van der Waals surface area (Å²) < 4.78 is 26.4. The van der Waals surface area contributed by atoms with Crippen LogP contribution in [-0.2, 0) is 6.42 Å². The minimum absolute atomic E-state index is 0.112. The molecule has 0 fully saturated rings. The van der Waals surface area contributed by atoms with Crippen molar-refractivity contribution in [3.63, 3.8) is 0 Å². The first-order valence-corrected chi connectivity index (χ1v) is 5.02. The third kappa shape index (κ3) is 4.77. The Bertz CT molecular complexity index is 372. The van der Waals surface area contributed by atoms with Gasteiger partial charge in [-0.1, -0.05) is 30.3 Å². The Morgan fingerprint density at radius 3 is 2.56 bits per heavy atom. The normalized spacial score (nSPS) is 11.9. The summed E-state index contributed by atoms with van der Waals surface area (Å²) in [6, 6.07) is 9.12. The zero-order valence-electron chi connectivity index (χ0n) is 9.08. The second kappa shape index (κ2) is 5.49. The summed E-state index contributed by atoms with van der Waals surface area (Å²) in [6.45, 7) is 1.36. The average molecular weight is 224 g/mol. The first-order chi connectivity index (χ1) is 7.49. The van der Waals surface area contributed by atoms with Gasteiger partial charge in [0, 0.05) is 6.42 Å². The van der Waals surface area contributed by atoms with Crippen molar-refractivity contribution in [2.75, 3.05) is 0 Å². The van der Waals surface area contributed by atoms with E-state index in [9.17, 15) is 8.78 Å². The van der Waals surface area contributed by atoms with E-state index in [-0.39, 0.29) is 12.3 Å². The lowest BCUT2D eigenvalue weighted by molar-refractivity contribution is 0.0743. The van der Waals surface area contributed by atoms with Crippen LogP contribution in [0.5, 0.6) is 0 Å². The second-order valence-corrected chi connectivity index (χ2v) is 3.59. The van der Waals surface area contributed by atoms with Crippen LogP contribution in [0.25, 0.3) is 0 Å². The zero-order chi connectivity index (χ0) is 12.0. The van der Waals surface area contributed by atoms with Crippen LogP contribution in [-0.4, -0.2) is 18.0 Å². The van der Waals surface area contributed by atoms with E-state index in [4.69, 9.17) is 5.41 Å². The molecule has 86 valence electrons. The molecule has 2 nitrogen and oxygen atoms in total. The van der Waals surface area contributed by atoms with Crippen LogP contribution in [0.2, 0.25) is 0 Å². The van der Waals surface area contributed by atoms with Gasteiger partial charge in [0.2, 0.25) is 0 Å². The number of aryl methyl sites for hydroxylation is 1. The van der Waals surface area contributed by atoms with Crippen LogP contribution >= 0.6 is 0 Å². The van der Waals surface area contributed by atoms with Crippen LogP contribution in [0, 0.1) is 5.41 Å². The standard InChI is InChI=1S/C12H14F2N2/c1-10(15)16-9-12(13,14)8-7-11-5-3-2-4-6-11/h2-6,9,15H,7-8H2,1H3.